The molecule has 0 saturated heterocycles. The monoisotopic (exact) mass is 303 g/mol. The molecule has 2 N–H and O–H groups in total. The number of nitrogens with one attached hydrogen (secondary N) is 2. The van der Waals surface area contributed by atoms with Gasteiger partial charge in [-0.3, -0.25) is 10.1 Å². The van der Waals surface area contributed by atoms with Gasteiger partial charge in [-0.05, 0) is 24.5 Å². The van der Waals surface area contributed by atoms with E-state index >= 15 is 0 Å². The van der Waals surface area contributed by atoms with Gasteiger partial charge in [-0.2, -0.15) is 0 Å². The molecule has 2 rings (SSSR count). The maximum absolute atomic E-state index is 12.4. The van der Waals surface area contributed by atoms with Gasteiger partial charge in [-0.1, -0.05) is 32.9 Å². The molecule has 1 amide bonds. The fourth-order valence-corrected chi connectivity index (χ4v) is 2.74. The van der Waals surface area contributed by atoms with Crippen LogP contribution in [0.25, 0.3) is 0 Å². The molecule has 5 heteroatoms. The Morgan fingerprint density at radius 2 is 2.10 bits per heavy atom. The number of benzene rings is 1. The van der Waals surface area contributed by atoms with Crippen molar-refractivity contribution >= 4 is 28.1 Å². The van der Waals surface area contributed by atoms with E-state index in [1.165, 1.54) is 11.3 Å². The van der Waals surface area contributed by atoms with Crippen molar-refractivity contribution in [2.45, 2.75) is 33.1 Å². The molecule has 112 valence electrons. The van der Waals surface area contributed by atoms with Gasteiger partial charge >= 0.3 is 0 Å². The fraction of sp³-hybridized carbons (Fsp3) is 0.375. The Morgan fingerprint density at radius 3 is 2.76 bits per heavy atom. The Kier molecular flexibility index (Phi) is 5.33. The lowest BCUT2D eigenvalue weighted by atomic mass is 10.1. The Labute approximate surface area is 129 Å². The van der Waals surface area contributed by atoms with Crippen LogP contribution >= 0.6 is 11.3 Å². The molecule has 1 aromatic heterocycles. The first-order valence-electron chi connectivity index (χ1n) is 7.21. The average Bonchev–Trinajstić information content (AvgIpc) is 2.94. The van der Waals surface area contributed by atoms with Crippen molar-refractivity contribution in [3.8, 4) is 0 Å². The summed E-state index contributed by atoms with van der Waals surface area (Å²) in [6, 6.07) is 7.54. The fourth-order valence-electron chi connectivity index (χ4n) is 1.87. The number of rotatable bonds is 6. The number of hydrogen-bond donors (Lipinski definition) is 2. The van der Waals surface area contributed by atoms with Gasteiger partial charge in [0.15, 0.2) is 5.13 Å². The number of amides is 1. The zero-order valence-electron chi connectivity index (χ0n) is 12.6. The van der Waals surface area contributed by atoms with Gasteiger partial charge < -0.3 is 5.32 Å². The third kappa shape index (κ3) is 4.04. The maximum atomic E-state index is 12.4. The largest absolute Gasteiger partial charge is 0.384 e. The van der Waals surface area contributed by atoms with Gasteiger partial charge in [-0.15, -0.1) is 11.3 Å². The summed E-state index contributed by atoms with van der Waals surface area (Å²) < 4.78 is 0. The van der Waals surface area contributed by atoms with Crippen LogP contribution in [0.2, 0.25) is 0 Å². The van der Waals surface area contributed by atoms with E-state index in [0.717, 1.165) is 24.3 Å². The van der Waals surface area contributed by atoms with Gasteiger partial charge in [0.2, 0.25) is 0 Å². The number of carbonyl (C=O) groups excluding carboxylic acids is 1. The van der Waals surface area contributed by atoms with Crippen LogP contribution in [0.3, 0.4) is 0 Å². The minimum Gasteiger partial charge on any atom is -0.384 e. The lowest BCUT2D eigenvalue weighted by Crippen LogP contribution is -2.15. The third-order valence-corrected chi connectivity index (χ3v) is 3.85. The summed E-state index contributed by atoms with van der Waals surface area (Å²) >= 11 is 1.46. The van der Waals surface area contributed by atoms with Crippen LogP contribution < -0.4 is 10.6 Å². The number of nitrogens with zero attached hydrogens (tertiary/aromatic N) is 1. The van der Waals surface area contributed by atoms with E-state index in [4.69, 9.17) is 0 Å². The normalized spacial score (nSPS) is 10.7. The Balaban J connectivity index is 2.12. The van der Waals surface area contributed by atoms with Crippen LogP contribution in [0.4, 0.5) is 10.8 Å². The second-order valence-corrected chi connectivity index (χ2v) is 6.02. The highest BCUT2D eigenvalue weighted by atomic mass is 32.1. The summed E-state index contributed by atoms with van der Waals surface area (Å²) in [6.45, 7) is 7.12. The van der Waals surface area contributed by atoms with Crippen molar-refractivity contribution in [1.29, 1.82) is 0 Å². The number of hydrogen-bond acceptors (Lipinski definition) is 4. The van der Waals surface area contributed by atoms with E-state index in [2.05, 4.69) is 36.4 Å². The summed E-state index contributed by atoms with van der Waals surface area (Å²) in [4.78, 5) is 16.8. The molecular formula is C16H21N3OS. The zero-order valence-corrected chi connectivity index (χ0v) is 13.5. The highest BCUT2D eigenvalue weighted by Gasteiger charge is 2.13. The summed E-state index contributed by atoms with van der Waals surface area (Å²) in [5.41, 5.74) is 2.51. The molecule has 1 aromatic carbocycles. The van der Waals surface area contributed by atoms with Gasteiger partial charge in [0.05, 0.1) is 11.3 Å². The van der Waals surface area contributed by atoms with Crippen LogP contribution in [0, 0.1) is 0 Å². The molecule has 0 aliphatic carbocycles. The van der Waals surface area contributed by atoms with Crippen molar-refractivity contribution in [1.82, 2.24) is 4.98 Å². The molecular weight excluding hydrogens is 282 g/mol. The first kappa shape index (κ1) is 15.5. The van der Waals surface area contributed by atoms with Crippen LogP contribution in [0.5, 0.6) is 0 Å². The van der Waals surface area contributed by atoms with Gasteiger partial charge in [0, 0.05) is 17.6 Å². The Morgan fingerprint density at radius 1 is 1.33 bits per heavy atom. The van der Waals surface area contributed by atoms with Crippen molar-refractivity contribution in [3.63, 3.8) is 0 Å². The second kappa shape index (κ2) is 7.22. The highest BCUT2D eigenvalue weighted by molar-refractivity contribution is 7.14. The number of thiazole rings is 1. The van der Waals surface area contributed by atoms with Crippen LogP contribution in [0.1, 0.15) is 49.2 Å². The van der Waals surface area contributed by atoms with Crippen LogP contribution in [-0.4, -0.2) is 17.4 Å². The molecule has 0 spiro atoms. The van der Waals surface area contributed by atoms with Crippen molar-refractivity contribution in [2.24, 2.45) is 0 Å². The van der Waals surface area contributed by atoms with Crippen molar-refractivity contribution < 1.29 is 4.79 Å². The minimum absolute atomic E-state index is 0.126. The van der Waals surface area contributed by atoms with E-state index in [1.54, 1.807) is 0 Å². The topological polar surface area (TPSA) is 54.0 Å². The van der Waals surface area contributed by atoms with E-state index in [-0.39, 0.29) is 5.91 Å². The maximum Gasteiger partial charge on any atom is 0.259 e. The standard InChI is InChI=1S/C16H21N3OS/c1-4-9-17-13-8-6-5-7-12(13)15(20)19-16-18-14(10-21-16)11(2)3/h5-8,10-11,17H,4,9H2,1-3H3,(H,18,19,20). The summed E-state index contributed by atoms with van der Waals surface area (Å²) in [5, 5.41) is 8.79. The lowest BCUT2D eigenvalue weighted by Gasteiger charge is -2.10. The van der Waals surface area contributed by atoms with Gasteiger partial charge in [0.1, 0.15) is 0 Å². The van der Waals surface area contributed by atoms with E-state index in [1.807, 2.05) is 29.6 Å². The molecule has 0 bridgehead atoms. The number of aromatic nitrogens is 1. The SMILES string of the molecule is CCCNc1ccccc1C(=O)Nc1nc(C(C)C)cs1. The Hall–Kier alpha value is -1.88. The summed E-state index contributed by atoms with van der Waals surface area (Å²) in [7, 11) is 0. The molecule has 0 aliphatic heterocycles. The minimum atomic E-state index is -0.126. The molecule has 0 aliphatic rings. The quantitative estimate of drug-likeness (QED) is 0.834. The molecule has 0 atom stereocenters. The number of para-hydroxylation sites is 1. The van der Waals surface area contributed by atoms with Crippen molar-refractivity contribution in [2.75, 3.05) is 17.2 Å². The molecule has 0 saturated carbocycles. The summed E-state index contributed by atoms with van der Waals surface area (Å²) in [5.74, 6) is 0.240. The molecule has 2 aromatic rings. The van der Waals surface area contributed by atoms with Crippen LogP contribution in [0.15, 0.2) is 29.6 Å². The average molecular weight is 303 g/mol. The van der Waals surface area contributed by atoms with Crippen LogP contribution in [-0.2, 0) is 0 Å². The molecule has 4 nitrogen and oxygen atoms in total. The van der Waals surface area contributed by atoms with E-state index in [9.17, 15) is 4.79 Å². The molecule has 21 heavy (non-hydrogen) atoms. The van der Waals surface area contributed by atoms with E-state index < -0.39 is 0 Å². The number of carbonyl (C=O) groups is 1. The predicted octanol–water partition coefficient (Wildman–Crippen LogP) is 4.34. The van der Waals surface area contributed by atoms with Crippen molar-refractivity contribution in [3.05, 3.63) is 40.9 Å². The lowest BCUT2D eigenvalue weighted by molar-refractivity contribution is 0.102. The third-order valence-electron chi connectivity index (χ3n) is 3.07. The first-order chi connectivity index (χ1) is 10.1. The predicted molar refractivity (Wildman–Crippen MR) is 89.4 cm³/mol. The zero-order chi connectivity index (χ0) is 15.2. The van der Waals surface area contributed by atoms with E-state index in [0.29, 0.717) is 16.6 Å². The Bertz CT molecular complexity index is 607. The smallest absolute Gasteiger partial charge is 0.259 e. The first-order valence-corrected chi connectivity index (χ1v) is 8.09. The second-order valence-electron chi connectivity index (χ2n) is 5.16. The molecule has 0 unspecified atom stereocenters. The summed E-state index contributed by atoms with van der Waals surface area (Å²) in [6.07, 6.45) is 1.01. The highest BCUT2D eigenvalue weighted by Crippen LogP contribution is 2.23. The molecule has 1 heterocycles. The molecule has 0 radical (unpaired) electrons. The molecule has 0 fully saturated rings. The van der Waals surface area contributed by atoms with Gasteiger partial charge in [0.25, 0.3) is 5.91 Å². The van der Waals surface area contributed by atoms with Gasteiger partial charge in [-0.25, -0.2) is 4.98 Å². The number of anilines is 2.